The molecule has 0 radical (unpaired) electrons. The van der Waals surface area contributed by atoms with E-state index in [0.717, 1.165) is 24.3 Å². The molecule has 6 rings (SSSR count). The predicted octanol–water partition coefficient (Wildman–Crippen LogP) is 14.1. The lowest BCUT2D eigenvalue weighted by atomic mass is 9.77. The summed E-state index contributed by atoms with van der Waals surface area (Å²) in [6.07, 6.45) is 8.52. The molecule has 53 heavy (non-hydrogen) atoms. The quantitative estimate of drug-likeness (QED) is 0.146. The first kappa shape index (κ1) is 39.2. The SMILES string of the molecule is COc1c(C(C)(C)C)cc2c(c1-c1ccccc1)CC(CC(C)C)C2CCCC1c2cc(C(C)(C)C)c(OC)c(-c3ccccc3)c2CC1CC(C)C. The van der Waals surface area contributed by atoms with Gasteiger partial charge in [-0.3, -0.25) is 0 Å². The highest BCUT2D eigenvalue weighted by Gasteiger charge is 2.40. The number of hydrogen-bond acceptors (Lipinski definition) is 2. The van der Waals surface area contributed by atoms with Crippen LogP contribution in [0.2, 0.25) is 0 Å². The predicted molar refractivity (Wildman–Crippen MR) is 227 cm³/mol. The normalized spacial score (nSPS) is 19.9. The maximum atomic E-state index is 6.34. The summed E-state index contributed by atoms with van der Waals surface area (Å²) in [5, 5.41) is 0. The van der Waals surface area contributed by atoms with Gasteiger partial charge in [-0.2, -0.15) is 0 Å². The van der Waals surface area contributed by atoms with Crippen molar-refractivity contribution in [2.24, 2.45) is 23.7 Å². The fourth-order valence-electron chi connectivity index (χ4n) is 10.3. The molecule has 0 fully saturated rings. The van der Waals surface area contributed by atoms with Gasteiger partial charge in [0.1, 0.15) is 11.5 Å². The molecule has 0 bridgehead atoms. The van der Waals surface area contributed by atoms with Crippen LogP contribution in [0.4, 0.5) is 0 Å². The smallest absolute Gasteiger partial charge is 0.130 e. The molecule has 0 aliphatic heterocycles. The zero-order chi connectivity index (χ0) is 38.2. The fraction of sp³-hybridized carbons (Fsp3) is 0.529. The number of rotatable bonds is 12. The van der Waals surface area contributed by atoms with Crippen LogP contribution in [0.1, 0.15) is 147 Å². The molecule has 2 aliphatic carbocycles. The minimum Gasteiger partial charge on any atom is -0.496 e. The van der Waals surface area contributed by atoms with Crippen molar-refractivity contribution < 1.29 is 9.47 Å². The Kier molecular flexibility index (Phi) is 11.6. The van der Waals surface area contributed by atoms with E-state index in [1.54, 1.807) is 11.1 Å². The molecule has 2 heteroatoms. The van der Waals surface area contributed by atoms with Crippen LogP contribution in [-0.2, 0) is 23.7 Å². The number of ether oxygens (including phenoxy) is 2. The molecule has 4 aromatic carbocycles. The van der Waals surface area contributed by atoms with Crippen LogP contribution in [0, 0.1) is 23.7 Å². The Morgan fingerprint density at radius 2 is 0.925 bits per heavy atom. The highest BCUT2D eigenvalue weighted by molar-refractivity contribution is 5.80. The second kappa shape index (κ2) is 15.7. The third-order valence-electron chi connectivity index (χ3n) is 12.4. The first-order valence-electron chi connectivity index (χ1n) is 20.7. The molecular formula is C51H68O2. The lowest BCUT2D eigenvalue weighted by Crippen LogP contribution is -2.16. The van der Waals surface area contributed by atoms with Crippen LogP contribution in [0.25, 0.3) is 22.3 Å². The highest BCUT2D eigenvalue weighted by atomic mass is 16.5. The van der Waals surface area contributed by atoms with Gasteiger partial charge in [-0.05, 0) is 118 Å². The topological polar surface area (TPSA) is 18.5 Å². The lowest BCUT2D eigenvalue weighted by molar-refractivity contribution is 0.323. The van der Waals surface area contributed by atoms with E-state index >= 15 is 0 Å². The second-order valence-corrected chi connectivity index (χ2v) is 19.4. The highest BCUT2D eigenvalue weighted by Crippen LogP contribution is 2.55. The van der Waals surface area contributed by atoms with Gasteiger partial charge in [0.2, 0.25) is 0 Å². The van der Waals surface area contributed by atoms with Crippen LogP contribution in [0.15, 0.2) is 72.8 Å². The molecule has 0 aromatic heterocycles. The third-order valence-corrected chi connectivity index (χ3v) is 12.4. The van der Waals surface area contributed by atoms with E-state index in [2.05, 4.69) is 142 Å². The summed E-state index contributed by atoms with van der Waals surface area (Å²) in [5.41, 5.74) is 14.1. The Bertz CT molecular complexity index is 1710. The first-order chi connectivity index (χ1) is 25.1. The standard InChI is InChI=1S/C51H68O2/c1-32(2)26-36-28-42-40(30-44(50(5,6)7)48(52-11)46(42)34-20-15-13-16-21-34)38(36)24-19-25-39-37(27-33(3)4)29-43-41(39)31-45(51(8,9)10)49(53-12)47(43)35-22-17-14-18-23-35/h13-18,20-23,30-33,36-39H,19,24-29H2,1-12H3. The van der Waals surface area contributed by atoms with Crippen LogP contribution in [0.5, 0.6) is 11.5 Å². The van der Waals surface area contributed by atoms with Crippen molar-refractivity contribution >= 4 is 0 Å². The van der Waals surface area contributed by atoms with Gasteiger partial charge in [0.15, 0.2) is 0 Å². The Morgan fingerprint density at radius 3 is 1.23 bits per heavy atom. The van der Waals surface area contributed by atoms with Crippen molar-refractivity contribution in [3.8, 4) is 33.8 Å². The van der Waals surface area contributed by atoms with Gasteiger partial charge < -0.3 is 9.47 Å². The summed E-state index contributed by atoms with van der Waals surface area (Å²) in [4.78, 5) is 0. The Morgan fingerprint density at radius 1 is 0.566 bits per heavy atom. The average Bonchev–Trinajstić information content (AvgIpc) is 3.61. The Hall–Kier alpha value is -3.52. The van der Waals surface area contributed by atoms with Crippen LogP contribution in [-0.4, -0.2) is 14.2 Å². The van der Waals surface area contributed by atoms with E-state index in [4.69, 9.17) is 9.47 Å². The molecule has 0 amide bonds. The second-order valence-electron chi connectivity index (χ2n) is 19.4. The van der Waals surface area contributed by atoms with Gasteiger partial charge in [-0.15, -0.1) is 0 Å². The molecule has 2 nitrogen and oxygen atoms in total. The van der Waals surface area contributed by atoms with E-state index in [1.807, 2.05) is 14.2 Å². The van der Waals surface area contributed by atoms with Gasteiger partial charge in [0.05, 0.1) is 14.2 Å². The average molecular weight is 713 g/mol. The van der Waals surface area contributed by atoms with Crippen molar-refractivity contribution in [2.45, 2.75) is 137 Å². The zero-order valence-corrected chi connectivity index (χ0v) is 35.2. The summed E-state index contributed by atoms with van der Waals surface area (Å²) < 4.78 is 12.7. The molecule has 0 N–H and O–H groups in total. The number of fused-ring (bicyclic) bond motifs is 2. The zero-order valence-electron chi connectivity index (χ0n) is 35.2. The summed E-state index contributed by atoms with van der Waals surface area (Å²) in [5.74, 6) is 5.90. The fourth-order valence-corrected chi connectivity index (χ4v) is 10.3. The van der Waals surface area contributed by atoms with Gasteiger partial charge in [0, 0.05) is 22.3 Å². The van der Waals surface area contributed by atoms with Crippen molar-refractivity contribution in [1.82, 2.24) is 0 Å². The largest absolute Gasteiger partial charge is 0.496 e. The van der Waals surface area contributed by atoms with Gasteiger partial charge in [-0.25, -0.2) is 0 Å². The molecule has 0 heterocycles. The molecule has 0 saturated heterocycles. The summed E-state index contributed by atoms with van der Waals surface area (Å²) in [6, 6.07) is 27.3. The van der Waals surface area contributed by atoms with E-state index in [0.29, 0.717) is 35.5 Å². The van der Waals surface area contributed by atoms with E-state index in [9.17, 15) is 0 Å². The molecule has 4 atom stereocenters. The Balaban J connectivity index is 1.42. The van der Waals surface area contributed by atoms with Crippen molar-refractivity contribution in [3.63, 3.8) is 0 Å². The number of methoxy groups -OCH3 is 2. The lowest BCUT2D eigenvalue weighted by Gasteiger charge is -2.29. The third kappa shape index (κ3) is 7.99. The molecule has 284 valence electrons. The molecule has 0 spiro atoms. The Labute approximate surface area is 323 Å². The monoisotopic (exact) mass is 713 g/mol. The minimum absolute atomic E-state index is 0.0233. The number of benzene rings is 4. The molecular weight excluding hydrogens is 645 g/mol. The van der Waals surface area contributed by atoms with E-state index < -0.39 is 0 Å². The maximum absolute atomic E-state index is 6.34. The van der Waals surface area contributed by atoms with Crippen LogP contribution < -0.4 is 9.47 Å². The minimum atomic E-state index is -0.0233. The molecule has 4 aromatic rings. The van der Waals surface area contributed by atoms with E-state index in [1.165, 1.54) is 76.6 Å². The van der Waals surface area contributed by atoms with Gasteiger partial charge >= 0.3 is 0 Å². The van der Waals surface area contributed by atoms with Gasteiger partial charge in [-0.1, -0.05) is 148 Å². The molecule has 4 unspecified atom stereocenters. The van der Waals surface area contributed by atoms with E-state index in [-0.39, 0.29) is 10.8 Å². The summed E-state index contributed by atoms with van der Waals surface area (Å²) >= 11 is 0. The molecule has 2 aliphatic rings. The number of hydrogen-bond donors (Lipinski definition) is 0. The van der Waals surface area contributed by atoms with Gasteiger partial charge in [0.25, 0.3) is 0 Å². The first-order valence-corrected chi connectivity index (χ1v) is 20.7. The van der Waals surface area contributed by atoms with Crippen LogP contribution in [0.3, 0.4) is 0 Å². The van der Waals surface area contributed by atoms with Crippen molar-refractivity contribution in [1.29, 1.82) is 0 Å². The summed E-state index contributed by atoms with van der Waals surface area (Å²) in [7, 11) is 3.75. The maximum Gasteiger partial charge on any atom is 0.130 e. The molecule has 0 saturated carbocycles. The van der Waals surface area contributed by atoms with Crippen molar-refractivity contribution in [2.75, 3.05) is 14.2 Å². The summed E-state index contributed by atoms with van der Waals surface area (Å²) in [6.45, 7) is 23.7. The van der Waals surface area contributed by atoms with Crippen molar-refractivity contribution in [3.05, 3.63) is 106 Å². The van der Waals surface area contributed by atoms with Crippen LogP contribution >= 0.6 is 0 Å².